The van der Waals surface area contributed by atoms with E-state index in [4.69, 9.17) is 5.73 Å². The summed E-state index contributed by atoms with van der Waals surface area (Å²) in [5.74, 6) is 0. The van der Waals surface area contributed by atoms with Gasteiger partial charge >= 0.3 is 0 Å². The molecule has 0 heterocycles. The number of hydrogen-bond donors (Lipinski definition) is 1. The molecule has 0 aromatic carbocycles. The average molecular weight is 154 g/mol. The topological polar surface area (TPSA) is 26.0 Å². The molecule has 1 atom stereocenters. The lowest BCUT2D eigenvalue weighted by Gasteiger charge is -2.41. The Bertz CT molecular complexity index is 140. The summed E-state index contributed by atoms with van der Waals surface area (Å²) in [5.41, 5.74) is 6.54. The molecule has 1 nitrogen and oxygen atoms in total. The predicted octanol–water partition coefficient (Wildman–Crippen LogP) is 2.37. The van der Waals surface area contributed by atoms with Gasteiger partial charge in [-0.25, -0.2) is 0 Å². The molecule has 0 saturated heterocycles. The first-order valence-electron chi connectivity index (χ1n) is 4.52. The van der Waals surface area contributed by atoms with Gasteiger partial charge in [-0.05, 0) is 43.1 Å². The van der Waals surface area contributed by atoms with Crippen molar-refractivity contribution in [2.24, 2.45) is 16.6 Å². The summed E-state index contributed by atoms with van der Waals surface area (Å²) in [6.45, 7) is 7.76. The fourth-order valence-corrected chi connectivity index (χ4v) is 2.22. The Morgan fingerprint density at radius 3 is 2.36 bits per heavy atom. The van der Waals surface area contributed by atoms with Crippen molar-refractivity contribution in [2.75, 3.05) is 6.54 Å². The summed E-state index contributed by atoms with van der Waals surface area (Å²) >= 11 is 0. The van der Waals surface area contributed by atoms with Crippen molar-refractivity contribution in [3.05, 3.63) is 6.42 Å². The molecule has 0 aromatic rings. The lowest BCUT2D eigenvalue weighted by molar-refractivity contribution is 0.156. The van der Waals surface area contributed by atoms with Gasteiger partial charge in [0.1, 0.15) is 0 Å². The van der Waals surface area contributed by atoms with Crippen LogP contribution in [-0.2, 0) is 0 Å². The van der Waals surface area contributed by atoms with E-state index in [0.717, 1.165) is 6.54 Å². The van der Waals surface area contributed by atoms with E-state index in [9.17, 15) is 0 Å². The fourth-order valence-electron chi connectivity index (χ4n) is 2.22. The van der Waals surface area contributed by atoms with Crippen molar-refractivity contribution in [2.45, 2.75) is 40.0 Å². The zero-order chi connectivity index (χ0) is 8.54. The molecule has 1 heteroatoms. The van der Waals surface area contributed by atoms with Crippen molar-refractivity contribution in [3.63, 3.8) is 0 Å². The van der Waals surface area contributed by atoms with Gasteiger partial charge in [0.25, 0.3) is 0 Å². The minimum Gasteiger partial charge on any atom is -0.330 e. The third-order valence-electron chi connectivity index (χ3n) is 2.81. The maximum absolute atomic E-state index is 5.73. The van der Waals surface area contributed by atoms with Crippen LogP contribution in [0.25, 0.3) is 0 Å². The molecule has 1 aliphatic carbocycles. The van der Waals surface area contributed by atoms with Crippen LogP contribution in [0.5, 0.6) is 0 Å². The molecule has 1 unspecified atom stereocenters. The lowest BCUT2D eigenvalue weighted by atomic mass is 9.64. The predicted molar refractivity (Wildman–Crippen MR) is 49.1 cm³/mol. The first-order valence-corrected chi connectivity index (χ1v) is 4.52. The summed E-state index contributed by atoms with van der Waals surface area (Å²) in [6.07, 6.45) is 6.21. The highest BCUT2D eigenvalue weighted by atomic mass is 14.6. The number of nitrogens with two attached hydrogens (primary N) is 1. The lowest BCUT2D eigenvalue weighted by Crippen LogP contribution is -2.36. The standard InChI is InChI=1S/C10H20N/c1-9(2)5-4-6-10(3,7-9)8-11/h6H,4-5,7-8,11H2,1-3H3. The van der Waals surface area contributed by atoms with E-state index >= 15 is 0 Å². The first-order chi connectivity index (χ1) is 4.97. The van der Waals surface area contributed by atoms with Crippen LogP contribution in [0.1, 0.15) is 40.0 Å². The molecule has 1 saturated carbocycles. The highest BCUT2D eigenvalue weighted by molar-refractivity contribution is 4.98. The van der Waals surface area contributed by atoms with Gasteiger partial charge in [-0.1, -0.05) is 20.8 Å². The SMILES string of the molecule is CC1(C)CC[CH]C(C)(CN)C1. The quantitative estimate of drug-likeness (QED) is 0.616. The van der Waals surface area contributed by atoms with E-state index in [0.29, 0.717) is 10.8 Å². The molecule has 1 fully saturated rings. The Labute approximate surface area is 70.4 Å². The Balaban J connectivity index is 2.59. The average Bonchev–Trinajstić information content (AvgIpc) is 1.85. The Morgan fingerprint density at radius 2 is 2.00 bits per heavy atom. The van der Waals surface area contributed by atoms with Gasteiger partial charge in [0.15, 0.2) is 0 Å². The monoisotopic (exact) mass is 154 g/mol. The van der Waals surface area contributed by atoms with Crippen LogP contribution in [0.2, 0.25) is 0 Å². The zero-order valence-electron chi connectivity index (χ0n) is 7.98. The summed E-state index contributed by atoms with van der Waals surface area (Å²) in [6, 6.07) is 0. The van der Waals surface area contributed by atoms with Gasteiger partial charge in [0.05, 0.1) is 0 Å². The van der Waals surface area contributed by atoms with Gasteiger partial charge in [0.2, 0.25) is 0 Å². The maximum Gasteiger partial charge on any atom is -0.00202 e. The van der Waals surface area contributed by atoms with E-state index in [1.165, 1.54) is 19.3 Å². The van der Waals surface area contributed by atoms with Crippen molar-refractivity contribution in [1.29, 1.82) is 0 Å². The molecule has 0 aliphatic heterocycles. The number of hydrogen-bond acceptors (Lipinski definition) is 1. The summed E-state index contributed by atoms with van der Waals surface area (Å²) in [5, 5.41) is 0. The smallest absolute Gasteiger partial charge is 0.00202 e. The van der Waals surface area contributed by atoms with E-state index in [1.54, 1.807) is 0 Å². The van der Waals surface area contributed by atoms with Gasteiger partial charge in [-0.15, -0.1) is 0 Å². The van der Waals surface area contributed by atoms with Crippen LogP contribution in [0, 0.1) is 17.3 Å². The molecular weight excluding hydrogens is 134 g/mol. The molecule has 0 aromatic heterocycles. The van der Waals surface area contributed by atoms with Crippen LogP contribution in [0.3, 0.4) is 0 Å². The Hall–Kier alpha value is -0.0400. The van der Waals surface area contributed by atoms with E-state index < -0.39 is 0 Å². The van der Waals surface area contributed by atoms with Gasteiger partial charge in [-0.2, -0.15) is 0 Å². The van der Waals surface area contributed by atoms with Crippen molar-refractivity contribution >= 4 is 0 Å². The first kappa shape index (κ1) is 9.05. The Kier molecular flexibility index (Phi) is 2.29. The summed E-state index contributed by atoms with van der Waals surface area (Å²) in [4.78, 5) is 0. The van der Waals surface area contributed by atoms with Crippen LogP contribution >= 0.6 is 0 Å². The molecule has 2 N–H and O–H groups in total. The summed E-state index contributed by atoms with van der Waals surface area (Å²) < 4.78 is 0. The molecule has 1 aliphatic rings. The van der Waals surface area contributed by atoms with Gasteiger partial charge in [0, 0.05) is 0 Å². The molecule has 0 amide bonds. The van der Waals surface area contributed by atoms with Gasteiger partial charge in [-0.3, -0.25) is 0 Å². The largest absolute Gasteiger partial charge is 0.330 e. The van der Waals surface area contributed by atoms with Crippen molar-refractivity contribution in [1.82, 2.24) is 0 Å². The molecule has 65 valence electrons. The van der Waals surface area contributed by atoms with Crippen LogP contribution in [0.15, 0.2) is 0 Å². The van der Waals surface area contributed by atoms with Crippen molar-refractivity contribution < 1.29 is 0 Å². The minimum absolute atomic E-state index is 0.307. The molecule has 0 spiro atoms. The Morgan fingerprint density at radius 1 is 1.36 bits per heavy atom. The second-order valence-electron chi connectivity index (χ2n) is 4.94. The molecule has 1 radical (unpaired) electrons. The summed E-state index contributed by atoms with van der Waals surface area (Å²) in [7, 11) is 0. The van der Waals surface area contributed by atoms with Gasteiger partial charge < -0.3 is 5.73 Å². The number of rotatable bonds is 1. The second kappa shape index (κ2) is 2.78. The van der Waals surface area contributed by atoms with E-state index in [1.807, 2.05) is 0 Å². The molecular formula is C10H20N. The van der Waals surface area contributed by atoms with Crippen LogP contribution < -0.4 is 5.73 Å². The van der Waals surface area contributed by atoms with E-state index in [2.05, 4.69) is 27.2 Å². The highest BCUT2D eigenvalue weighted by Crippen LogP contribution is 2.44. The fraction of sp³-hybridized carbons (Fsp3) is 0.900. The second-order valence-corrected chi connectivity index (χ2v) is 4.94. The normalized spacial score (nSPS) is 37.1. The van der Waals surface area contributed by atoms with Crippen molar-refractivity contribution in [3.8, 4) is 0 Å². The third kappa shape index (κ3) is 2.19. The highest BCUT2D eigenvalue weighted by Gasteiger charge is 2.35. The van der Waals surface area contributed by atoms with E-state index in [-0.39, 0.29) is 0 Å². The van der Waals surface area contributed by atoms with Crippen LogP contribution in [-0.4, -0.2) is 6.54 Å². The molecule has 11 heavy (non-hydrogen) atoms. The zero-order valence-corrected chi connectivity index (χ0v) is 7.98. The minimum atomic E-state index is 0.307. The third-order valence-corrected chi connectivity index (χ3v) is 2.81. The van der Waals surface area contributed by atoms with Crippen LogP contribution in [0.4, 0.5) is 0 Å². The molecule has 1 rings (SSSR count). The maximum atomic E-state index is 5.73. The molecule has 0 bridgehead atoms.